The standard InChI is InChI=1S/C26H23FN4O3/c27-18-9-7-15(8-10-18)23(21-4-2-12-33-21)30-25(32)19-13-20(17-3-1-11-28-14-17)29-26-22(19)24(31-34-26)16-5-6-16/h1,3,7-11,13-14,16,21,23H,2,4-6,12H2,(H,30,32). The fourth-order valence-electron chi connectivity index (χ4n) is 4.60. The molecule has 1 aliphatic heterocycles. The van der Waals surface area contributed by atoms with Gasteiger partial charge < -0.3 is 14.6 Å². The van der Waals surface area contributed by atoms with Crippen LogP contribution in [0.5, 0.6) is 0 Å². The molecule has 1 amide bonds. The first-order valence-electron chi connectivity index (χ1n) is 11.6. The third-order valence-corrected chi connectivity index (χ3v) is 6.49. The van der Waals surface area contributed by atoms with Crippen molar-refractivity contribution < 1.29 is 18.4 Å². The van der Waals surface area contributed by atoms with Crippen molar-refractivity contribution in [3.8, 4) is 11.3 Å². The van der Waals surface area contributed by atoms with Crippen LogP contribution >= 0.6 is 0 Å². The molecule has 1 saturated heterocycles. The van der Waals surface area contributed by atoms with Crippen molar-refractivity contribution in [1.82, 2.24) is 20.4 Å². The number of nitrogens with one attached hydrogen (secondary N) is 1. The van der Waals surface area contributed by atoms with Gasteiger partial charge in [0.05, 0.1) is 34.5 Å². The van der Waals surface area contributed by atoms with Gasteiger partial charge in [-0.15, -0.1) is 0 Å². The average Bonchev–Trinajstić information content (AvgIpc) is 3.39. The molecule has 3 aromatic heterocycles. The van der Waals surface area contributed by atoms with Gasteiger partial charge in [-0.2, -0.15) is 0 Å². The molecule has 1 saturated carbocycles. The van der Waals surface area contributed by atoms with Crippen LogP contribution < -0.4 is 5.32 Å². The Labute approximate surface area is 195 Å². The van der Waals surface area contributed by atoms with E-state index in [4.69, 9.17) is 9.26 Å². The molecule has 4 heterocycles. The molecule has 172 valence electrons. The molecule has 1 aromatic carbocycles. The summed E-state index contributed by atoms with van der Waals surface area (Å²) < 4.78 is 25.1. The number of benzene rings is 1. The summed E-state index contributed by atoms with van der Waals surface area (Å²) in [4.78, 5) is 22.6. The number of carbonyl (C=O) groups is 1. The number of hydrogen-bond donors (Lipinski definition) is 1. The maximum absolute atomic E-state index is 13.8. The van der Waals surface area contributed by atoms with Crippen LogP contribution in [-0.2, 0) is 4.74 Å². The Kier molecular flexibility index (Phi) is 5.30. The summed E-state index contributed by atoms with van der Waals surface area (Å²) in [7, 11) is 0. The quantitative estimate of drug-likeness (QED) is 0.440. The second-order valence-electron chi connectivity index (χ2n) is 8.87. The lowest BCUT2D eigenvalue weighted by molar-refractivity contribution is 0.0673. The van der Waals surface area contributed by atoms with E-state index in [1.54, 1.807) is 30.6 Å². The second kappa shape index (κ2) is 8.61. The fourth-order valence-corrected chi connectivity index (χ4v) is 4.60. The highest BCUT2D eigenvalue weighted by atomic mass is 19.1. The van der Waals surface area contributed by atoms with E-state index in [1.165, 1.54) is 12.1 Å². The summed E-state index contributed by atoms with van der Waals surface area (Å²) in [6.45, 7) is 0.639. The molecule has 2 atom stereocenters. The largest absolute Gasteiger partial charge is 0.376 e. The van der Waals surface area contributed by atoms with E-state index in [0.29, 0.717) is 29.0 Å². The summed E-state index contributed by atoms with van der Waals surface area (Å²) in [5.74, 6) is -0.311. The van der Waals surface area contributed by atoms with E-state index < -0.39 is 6.04 Å². The van der Waals surface area contributed by atoms with Crippen LogP contribution in [0, 0.1) is 5.82 Å². The highest BCUT2D eigenvalue weighted by Crippen LogP contribution is 2.43. The van der Waals surface area contributed by atoms with Crippen LogP contribution in [0.2, 0.25) is 0 Å². The maximum Gasteiger partial charge on any atom is 0.259 e. The lowest BCUT2D eigenvalue weighted by atomic mass is 9.98. The van der Waals surface area contributed by atoms with Crippen LogP contribution in [0.15, 0.2) is 59.4 Å². The van der Waals surface area contributed by atoms with Gasteiger partial charge in [0.1, 0.15) is 5.82 Å². The zero-order valence-corrected chi connectivity index (χ0v) is 18.4. The minimum absolute atomic E-state index is 0.185. The summed E-state index contributed by atoms with van der Waals surface area (Å²) in [6.07, 6.45) is 6.96. The Balaban J connectivity index is 1.42. The van der Waals surface area contributed by atoms with Gasteiger partial charge >= 0.3 is 0 Å². The normalized spacial score (nSPS) is 18.8. The zero-order chi connectivity index (χ0) is 23.1. The van der Waals surface area contributed by atoms with E-state index >= 15 is 0 Å². The molecule has 4 aromatic rings. The van der Waals surface area contributed by atoms with Gasteiger partial charge in [0.15, 0.2) is 0 Å². The summed E-state index contributed by atoms with van der Waals surface area (Å²) in [5.41, 5.74) is 3.73. The maximum atomic E-state index is 13.8. The minimum Gasteiger partial charge on any atom is -0.376 e. The lowest BCUT2D eigenvalue weighted by Gasteiger charge is -2.25. The van der Waals surface area contributed by atoms with Crippen molar-refractivity contribution in [2.24, 2.45) is 0 Å². The van der Waals surface area contributed by atoms with Crippen LogP contribution in [0.1, 0.15) is 59.3 Å². The number of pyridine rings is 2. The van der Waals surface area contributed by atoms with Crippen molar-refractivity contribution in [3.63, 3.8) is 0 Å². The van der Waals surface area contributed by atoms with E-state index in [-0.39, 0.29) is 23.7 Å². The number of nitrogens with zero attached hydrogens (tertiary/aromatic N) is 3. The third kappa shape index (κ3) is 3.94. The van der Waals surface area contributed by atoms with Gasteiger partial charge in [-0.25, -0.2) is 9.37 Å². The molecule has 6 rings (SSSR count). The van der Waals surface area contributed by atoms with Gasteiger partial charge in [-0.3, -0.25) is 9.78 Å². The molecule has 2 aliphatic rings. The molecule has 0 bridgehead atoms. The number of halogens is 1. The highest BCUT2D eigenvalue weighted by molar-refractivity contribution is 6.07. The zero-order valence-electron chi connectivity index (χ0n) is 18.4. The SMILES string of the molecule is O=C(NC(c1ccc(F)cc1)C1CCCO1)c1cc(-c2cccnc2)nc2onc(C3CC3)c12. The van der Waals surface area contributed by atoms with Gasteiger partial charge in [-0.1, -0.05) is 17.3 Å². The van der Waals surface area contributed by atoms with Crippen LogP contribution in [0.4, 0.5) is 4.39 Å². The van der Waals surface area contributed by atoms with Crippen molar-refractivity contribution in [2.45, 2.75) is 43.7 Å². The first-order valence-corrected chi connectivity index (χ1v) is 11.6. The molecule has 7 nitrogen and oxygen atoms in total. The average molecular weight is 458 g/mol. The van der Waals surface area contributed by atoms with E-state index in [1.807, 2.05) is 12.1 Å². The fraction of sp³-hybridized carbons (Fsp3) is 0.308. The molecule has 0 spiro atoms. The number of hydrogen-bond acceptors (Lipinski definition) is 6. The molecule has 2 fully saturated rings. The molecule has 1 aliphatic carbocycles. The topological polar surface area (TPSA) is 90.1 Å². The van der Waals surface area contributed by atoms with Crippen LogP contribution in [0.25, 0.3) is 22.4 Å². The van der Waals surface area contributed by atoms with Crippen molar-refractivity contribution in [2.75, 3.05) is 6.61 Å². The Morgan fingerprint density at radius 3 is 2.71 bits per heavy atom. The molecular weight excluding hydrogens is 435 g/mol. The van der Waals surface area contributed by atoms with Crippen molar-refractivity contribution >= 4 is 17.0 Å². The number of fused-ring (bicyclic) bond motifs is 1. The molecular formula is C26H23FN4O3. The highest BCUT2D eigenvalue weighted by Gasteiger charge is 2.34. The monoisotopic (exact) mass is 458 g/mol. The van der Waals surface area contributed by atoms with Crippen LogP contribution in [0.3, 0.4) is 0 Å². The number of aromatic nitrogens is 3. The number of ether oxygens (including phenoxy) is 1. The Morgan fingerprint density at radius 2 is 2.00 bits per heavy atom. The number of carbonyl (C=O) groups excluding carboxylic acids is 1. The minimum atomic E-state index is -0.412. The van der Waals surface area contributed by atoms with E-state index in [0.717, 1.165) is 42.5 Å². The van der Waals surface area contributed by atoms with E-state index in [2.05, 4.69) is 20.4 Å². The number of amides is 1. The Morgan fingerprint density at radius 1 is 1.15 bits per heavy atom. The van der Waals surface area contributed by atoms with Crippen LogP contribution in [-0.4, -0.2) is 33.7 Å². The lowest BCUT2D eigenvalue weighted by Crippen LogP contribution is -2.36. The summed E-state index contributed by atoms with van der Waals surface area (Å²) in [5, 5.41) is 8.07. The predicted octanol–water partition coefficient (Wildman–Crippen LogP) is 4.95. The van der Waals surface area contributed by atoms with E-state index in [9.17, 15) is 9.18 Å². The second-order valence-corrected chi connectivity index (χ2v) is 8.87. The molecule has 8 heteroatoms. The van der Waals surface area contributed by atoms with Crippen molar-refractivity contribution in [3.05, 3.63) is 77.5 Å². The Bertz CT molecular complexity index is 1330. The number of rotatable bonds is 6. The van der Waals surface area contributed by atoms with Gasteiger partial charge in [0, 0.05) is 30.5 Å². The first kappa shape index (κ1) is 20.9. The molecule has 0 radical (unpaired) electrons. The molecule has 2 unspecified atom stereocenters. The van der Waals surface area contributed by atoms with Crippen molar-refractivity contribution in [1.29, 1.82) is 0 Å². The predicted molar refractivity (Wildman–Crippen MR) is 123 cm³/mol. The van der Waals surface area contributed by atoms with Gasteiger partial charge in [-0.05, 0) is 61.6 Å². The summed E-state index contributed by atoms with van der Waals surface area (Å²) >= 11 is 0. The summed E-state index contributed by atoms with van der Waals surface area (Å²) in [6, 6.07) is 11.3. The molecule has 1 N–H and O–H groups in total. The molecule has 34 heavy (non-hydrogen) atoms. The van der Waals surface area contributed by atoms with Gasteiger partial charge in [0.2, 0.25) is 0 Å². The smallest absolute Gasteiger partial charge is 0.259 e. The van der Waals surface area contributed by atoms with Gasteiger partial charge in [0.25, 0.3) is 11.6 Å². The third-order valence-electron chi connectivity index (χ3n) is 6.49. The Hall–Kier alpha value is -3.65. The first-order chi connectivity index (χ1) is 16.7.